The summed E-state index contributed by atoms with van der Waals surface area (Å²) in [4.78, 5) is 16.0. The van der Waals surface area contributed by atoms with Gasteiger partial charge < -0.3 is 13.7 Å². The van der Waals surface area contributed by atoms with Gasteiger partial charge in [0.05, 0.1) is 0 Å². The van der Waals surface area contributed by atoms with Crippen molar-refractivity contribution in [1.29, 1.82) is 0 Å². The van der Waals surface area contributed by atoms with E-state index >= 15 is 0 Å². The molecule has 2 aromatic heterocycles. The van der Waals surface area contributed by atoms with Gasteiger partial charge in [0.1, 0.15) is 11.3 Å². The van der Waals surface area contributed by atoms with E-state index in [1.54, 1.807) is 6.07 Å². The molecule has 0 unspecified atom stereocenters. The molecule has 2 heterocycles. The van der Waals surface area contributed by atoms with Gasteiger partial charge in [-0.2, -0.15) is 4.98 Å². The van der Waals surface area contributed by atoms with Crippen molar-refractivity contribution in [2.75, 3.05) is 0 Å². The molecule has 6 heteroatoms. The van der Waals surface area contributed by atoms with E-state index in [9.17, 15) is 4.79 Å². The Hall–Kier alpha value is -3.41. The van der Waals surface area contributed by atoms with Crippen LogP contribution in [0.2, 0.25) is 0 Å². The van der Waals surface area contributed by atoms with Crippen molar-refractivity contribution in [3.63, 3.8) is 0 Å². The second-order valence-electron chi connectivity index (χ2n) is 8.04. The Morgan fingerprint density at radius 1 is 1.03 bits per heavy atom. The lowest BCUT2D eigenvalue weighted by atomic mass is 9.87. The Balaban J connectivity index is 1.48. The molecule has 4 rings (SSSR count). The van der Waals surface area contributed by atoms with Crippen molar-refractivity contribution in [2.24, 2.45) is 0 Å². The number of nitrogens with zero attached hydrogens (tertiary/aromatic N) is 2. The zero-order chi connectivity index (χ0) is 20.6. The maximum atomic E-state index is 11.6. The van der Waals surface area contributed by atoms with Crippen LogP contribution < -0.4 is 10.4 Å². The van der Waals surface area contributed by atoms with Gasteiger partial charge in [-0.15, -0.1) is 0 Å². The van der Waals surface area contributed by atoms with E-state index in [2.05, 4.69) is 43.0 Å². The van der Waals surface area contributed by atoms with Gasteiger partial charge in [-0.25, -0.2) is 4.79 Å². The van der Waals surface area contributed by atoms with Gasteiger partial charge in [-0.3, -0.25) is 0 Å². The van der Waals surface area contributed by atoms with Crippen molar-refractivity contribution in [3.8, 4) is 17.2 Å². The van der Waals surface area contributed by atoms with Crippen LogP contribution in [0.1, 0.15) is 37.7 Å². The highest BCUT2D eigenvalue weighted by Gasteiger charge is 2.15. The molecule has 0 fully saturated rings. The topological polar surface area (TPSA) is 78.4 Å². The molecular formula is C23H22N2O4. The van der Waals surface area contributed by atoms with Gasteiger partial charge in [-0.05, 0) is 47.7 Å². The molecule has 0 saturated heterocycles. The summed E-state index contributed by atoms with van der Waals surface area (Å²) < 4.78 is 16.4. The predicted molar refractivity (Wildman–Crippen MR) is 110 cm³/mol. The molecule has 29 heavy (non-hydrogen) atoms. The third kappa shape index (κ3) is 4.06. The molecule has 0 amide bonds. The molecule has 0 aliphatic heterocycles. The number of rotatable bonds is 4. The van der Waals surface area contributed by atoms with Crippen LogP contribution in [0.25, 0.3) is 22.4 Å². The van der Waals surface area contributed by atoms with Crippen LogP contribution in [0.5, 0.6) is 5.75 Å². The van der Waals surface area contributed by atoms with Crippen LogP contribution in [0, 0.1) is 6.92 Å². The van der Waals surface area contributed by atoms with Gasteiger partial charge in [0.25, 0.3) is 5.89 Å². The quantitative estimate of drug-likeness (QED) is 0.455. The number of fused-ring (bicyclic) bond motifs is 1. The molecular weight excluding hydrogens is 368 g/mol. The Bertz CT molecular complexity index is 1210. The summed E-state index contributed by atoms with van der Waals surface area (Å²) >= 11 is 0. The highest BCUT2D eigenvalue weighted by molar-refractivity contribution is 5.81. The molecule has 0 atom stereocenters. The maximum absolute atomic E-state index is 11.6. The lowest BCUT2D eigenvalue weighted by Crippen LogP contribution is -2.10. The Kier molecular flexibility index (Phi) is 4.70. The van der Waals surface area contributed by atoms with Crippen molar-refractivity contribution >= 4 is 11.0 Å². The first-order chi connectivity index (χ1) is 13.8. The first-order valence-electron chi connectivity index (χ1n) is 9.40. The van der Waals surface area contributed by atoms with Crippen LogP contribution in [0.4, 0.5) is 0 Å². The smallest absolute Gasteiger partial charge is 0.336 e. The van der Waals surface area contributed by atoms with Crippen molar-refractivity contribution < 1.29 is 13.7 Å². The molecule has 0 spiro atoms. The largest absolute Gasteiger partial charge is 0.485 e. The van der Waals surface area contributed by atoms with E-state index in [0.717, 1.165) is 16.5 Å². The molecule has 4 aromatic rings. The number of benzene rings is 2. The van der Waals surface area contributed by atoms with Crippen molar-refractivity contribution in [3.05, 3.63) is 75.9 Å². The molecule has 0 radical (unpaired) electrons. The van der Waals surface area contributed by atoms with Crippen LogP contribution in [-0.2, 0) is 12.0 Å². The van der Waals surface area contributed by atoms with Crippen LogP contribution in [-0.4, -0.2) is 10.1 Å². The zero-order valence-electron chi connectivity index (χ0n) is 16.9. The minimum Gasteiger partial charge on any atom is -0.485 e. The van der Waals surface area contributed by atoms with Crippen LogP contribution in [0.3, 0.4) is 0 Å². The fourth-order valence-electron chi connectivity index (χ4n) is 3.09. The summed E-state index contributed by atoms with van der Waals surface area (Å²) in [7, 11) is 0. The highest BCUT2D eigenvalue weighted by atomic mass is 16.5. The number of aromatic nitrogens is 2. The average Bonchev–Trinajstić information content (AvgIpc) is 3.14. The monoisotopic (exact) mass is 390 g/mol. The number of ether oxygens (including phenoxy) is 1. The SMILES string of the molecule is Cc1cc(=O)oc2cc(OCc3noc(-c4ccc(C(C)(C)C)cc4)n3)ccc12. The lowest BCUT2D eigenvalue weighted by Gasteiger charge is -2.18. The number of aryl methyl sites for hydroxylation is 1. The summed E-state index contributed by atoms with van der Waals surface area (Å²) in [5.74, 6) is 1.45. The first-order valence-corrected chi connectivity index (χ1v) is 9.40. The maximum Gasteiger partial charge on any atom is 0.336 e. The molecule has 0 N–H and O–H groups in total. The van der Waals surface area contributed by atoms with E-state index in [0.29, 0.717) is 23.0 Å². The predicted octanol–water partition coefficient (Wildman–Crippen LogP) is 5.03. The lowest BCUT2D eigenvalue weighted by molar-refractivity contribution is 0.287. The third-order valence-corrected chi connectivity index (χ3v) is 4.76. The van der Waals surface area contributed by atoms with Crippen molar-refractivity contribution in [1.82, 2.24) is 10.1 Å². The standard InChI is InChI=1S/C23H22N2O4/c1-14-11-21(26)28-19-12-17(9-10-18(14)19)27-13-20-24-22(29-25-20)15-5-7-16(8-6-15)23(2,3)4/h5-12H,13H2,1-4H3. The molecule has 0 saturated carbocycles. The number of hydrogen-bond acceptors (Lipinski definition) is 6. The van der Waals surface area contributed by atoms with Gasteiger partial charge >= 0.3 is 5.63 Å². The van der Waals surface area contributed by atoms with E-state index in [1.807, 2.05) is 31.2 Å². The minimum atomic E-state index is -0.382. The summed E-state index contributed by atoms with van der Waals surface area (Å²) in [6.07, 6.45) is 0. The van der Waals surface area contributed by atoms with Crippen molar-refractivity contribution in [2.45, 2.75) is 39.7 Å². The first kappa shape index (κ1) is 18.9. The zero-order valence-corrected chi connectivity index (χ0v) is 16.9. The second-order valence-corrected chi connectivity index (χ2v) is 8.04. The Labute approximate surface area is 168 Å². The Morgan fingerprint density at radius 2 is 1.79 bits per heavy atom. The van der Waals surface area contributed by atoms with Gasteiger partial charge in [0, 0.05) is 23.1 Å². The summed E-state index contributed by atoms with van der Waals surface area (Å²) in [6.45, 7) is 8.52. The van der Waals surface area contributed by atoms with E-state index < -0.39 is 0 Å². The average molecular weight is 390 g/mol. The third-order valence-electron chi connectivity index (χ3n) is 4.76. The van der Waals surface area contributed by atoms with E-state index in [1.165, 1.54) is 11.6 Å². The Morgan fingerprint density at radius 3 is 2.52 bits per heavy atom. The molecule has 6 nitrogen and oxygen atoms in total. The van der Waals surface area contributed by atoms with Gasteiger partial charge in [0.2, 0.25) is 5.82 Å². The molecule has 0 bridgehead atoms. The minimum absolute atomic E-state index is 0.0872. The molecule has 2 aromatic carbocycles. The fraction of sp³-hybridized carbons (Fsp3) is 0.261. The summed E-state index contributed by atoms with van der Waals surface area (Å²) in [5.41, 5.74) is 3.15. The van der Waals surface area contributed by atoms with Crippen LogP contribution >= 0.6 is 0 Å². The summed E-state index contributed by atoms with van der Waals surface area (Å²) in [6, 6.07) is 14.9. The second kappa shape index (κ2) is 7.20. The van der Waals surface area contributed by atoms with E-state index in [-0.39, 0.29) is 17.6 Å². The van der Waals surface area contributed by atoms with E-state index in [4.69, 9.17) is 13.7 Å². The van der Waals surface area contributed by atoms with Gasteiger partial charge in [-0.1, -0.05) is 38.1 Å². The highest BCUT2D eigenvalue weighted by Crippen LogP contribution is 2.26. The van der Waals surface area contributed by atoms with Gasteiger partial charge in [0.15, 0.2) is 6.61 Å². The normalized spacial score (nSPS) is 11.7. The summed E-state index contributed by atoms with van der Waals surface area (Å²) in [5, 5.41) is 4.86. The molecule has 0 aliphatic carbocycles. The molecule has 148 valence electrons. The number of hydrogen-bond donors (Lipinski definition) is 0. The molecule has 0 aliphatic rings. The fourth-order valence-corrected chi connectivity index (χ4v) is 3.09. The van der Waals surface area contributed by atoms with Crippen LogP contribution in [0.15, 0.2) is 62.3 Å².